The number of rotatable bonds is 9. The van der Waals surface area contributed by atoms with Crippen LogP contribution in [0.4, 0.5) is 4.79 Å². The van der Waals surface area contributed by atoms with Gasteiger partial charge in [-0.1, -0.05) is 13.8 Å². The summed E-state index contributed by atoms with van der Waals surface area (Å²) in [5, 5.41) is 14.1. The van der Waals surface area contributed by atoms with E-state index >= 15 is 0 Å². The highest BCUT2D eigenvalue weighted by Gasteiger charge is 2.19. The number of carbonyl (C=O) groups is 2. The van der Waals surface area contributed by atoms with Crippen molar-refractivity contribution in [3.63, 3.8) is 0 Å². The number of hydrogen-bond acceptors (Lipinski definition) is 3. The molecule has 0 saturated heterocycles. The first-order valence-electron chi connectivity index (χ1n) is 6.68. The Morgan fingerprint density at radius 1 is 1.30 bits per heavy atom. The van der Waals surface area contributed by atoms with Crippen molar-refractivity contribution in [2.75, 3.05) is 18.6 Å². The lowest BCUT2D eigenvalue weighted by Gasteiger charge is -2.24. The molecule has 6 nitrogen and oxygen atoms in total. The molecule has 0 rings (SSSR count). The molecule has 0 aliphatic carbocycles. The first-order valence-corrected chi connectivity index (χ1v) is 8.41. The molecule has 3 N–H and O–H groups in total. The Morgan fingerprint density at radius 2 is 1.90 bits per heavy atom. The summed E-state index contributed by atoms with van der Waals surface area (Å²) in [5.74, 6) is -0.373. The quantitative estimate of drug-likeness (QED) is 0.599. The molecule has 0 bridgehead atoms. The van der Waals surface area contributed by atoms with Gasteiger partial charge in [-0.3, -0.25) is 9.00 Å². The van der Waals surface area contributed by atoms with Crippen molar-refractivity contribution in [1.29, 1.82) is 0 Å². The van der Waals surface area contributed by atoms with Gasteiger partial charge in [0, 0.05) is 41.8 Å². The summed E-state index contributed by atoms with van der Waals surface area (Å²) >= 11 is 0. The molecule has 0 aromatic rings. The monoisotopic (exact) mass is 306 g/mol. The van der Waals surface area contributed by atoms with Crippen molar-refractivity contribution in [3.05, 3.63) is 0 Å². The SMILES string of the molecule is CC(CS(C)=O)NC(=O)NCCC(C)(C)CCC(=O)O. The van der Waals surface area contributed by atoms with Crippen LogP contribution in [0, 0.1) is 5.41 Å². The zero-order chi connectivity index (χ0) is 15.8. The molecule has 0 aliphatic heterocycles. The number of carboxylic acids is 1. The van der Waals surface area contributed by atoms with E-state index in [1.54, 1.807) is 13.2 Å². The Kier molecular flexibility index (Phi) is 8.45. The van der Waals surface area contributed by atoms with Gasteiger partial charge >= 0.3 is 12.0 Å². The van der Waals surface area contributed by atoms with Gasteiger partial charge in [-0.05, 0) is 25.2 Å². The fraction of sp³-hybridized carbons (Fsp3) is 0.846. The summed E-state index contributed by atoms with van der Waals surface area (Å²) in [4.78, 5) is 22.1. The predicted molar refractivity (Wildman–Crippen MR) is 80.2 cm³/mol. The molecule has 0 aromatic heterocycles. The second-order valence-corrected chi connectivity index (χ2v) is 7.33. The summed E-state index contributed by atoms with van der Waals surface area (Å²) < 4.78 is 11.0. The summed E-state index contributed by atoms with van der Waals surface area (Å²) in [5.41, 5.74) is -0.123. The Labute approximate surface area is 123 Å². The zero-order valence-electron chi connectivity index (χ0n) is 12.7. The van der Waals surface area contributed by atoms with Crippen molar-refractivity contribution in [3.8, 4) is 0 Å². The third-order valence-electron chi connectivity index (χ3n) is 2.97. The van der Waals surface area contributed by atoms with Gasteiger partial charge in [-0.15, -0.1) is 0 Å². The number of aliphatic carboxylic acids is 1. The van der Waals surface area contributed by atoms with Gasteiger partial charge in [0.15, 0.2) is 0 Å². The summed E-state index contributed by atoms with van der Waals surface area (Å²) in [6.45, 7) is 6.26. The van der Waals surface area contributed by atoms with E-state index in [-0.39, 0.29) is 23.9 Å². The maximum absolute atomic E-state index is 11.6. The number of hydrogen-bond donors (Lipinski definition) is 3. The van der Waals surface area contributed by atoms with E-state index in [1.165, 1.54) is 0 Å². The molecule has 2 unspecified atom stereocenters. The van der Waals surface area contributed by atoms with Crippen LogP contribution in [-0.2, 0) is 15.6 Å². The minimum Gasteiger partial charge on any atom is -0.481 e. The number of carbonyl (C=O) groups excluding carboxylic acids is 1. The molecule has 0 aliphatic rings. The molecule has 2 atom stereocenters. The van der Waals surface area contributed by atoms with E-state index in [1.807, 2.05) is 13.8 Å². The predicted octanol–water partition coefficient (Wildman–Crippen LogP) is 1.33. The van der Waals surface area contributed by atoms with Crippen molar-refractivity contribution in [1.82, 2.24) is 10.6 Å². The lowest BCUT2D eigenvalue weighted by atomic mass is 9.84. The van der Waals surface area contributed by atoms with E-state index in [9.17, 15) is 13.8 Å². The van der Waals surface area contributed by atoms with Gasteiger partial charge in [-0.2, -0.15) is 0 Å². The molecule has 0 fully saturated rings. The molecule has 0 heterocycles. The van der Waals surface area contributed by atoms with Crippen molar-refractivity contribution >= 4 is 22.8 Å². The van der Waals surface area contributed by atoms with E-state index < -0.39 is 16.8 Å². The maximum atomic E-state index is 11.6. The van der Waals surface area contributed by atoms with E-state index in [2.05, 4.69) is 10.6 Å². The van der Waals surface area contributed by atoms with Gasteiger partial charge in [-0.25, -0.2) is 4.79 Å². The van der Waals surface area contributed by atoms with Crippen LogP contribution in [-0.4, -0.2) is 45.9 Å². The highest BCUT2D eigenvalue weighted by atomic mass is 32.2. The molecule has 0 spiro atoms. The Hall–Kier alpha value is -1.11. The molecule has 20 heavy (non-hydrogen) atoms. The van der Waals surface area contributed by atoms with Gasteiger partial charge in [0.2, 0.25) is 0 Å². The zero-order valence-corrected chi connectivity index (χ0v) is 13.5. The van der Waals surface area contributed by atoms with Crippen LogP contribution in [0.25, 0.3) is 0 Å². The summed E-state index contributed by atoms with van der Waals surface area (Å²) in [6.07, 6.45) is 3.03. The minimum atomic E-state index is -0.937. The molecule has 7 heteroatoms. The minimum absolute atomic E-state index is 0.123. The summed E-state index contributed by atoms with van der Waals surface area (Å²) in [6, 6.07) is -0.419. The van der Waals surface area contributed by atoms with E-state index in [0.717, 1.165) is 0 Å². The lowest BCUT2D eigenvalue weighted by molar-refractivity contribution is -0.137. The molecule has 118 valence electrons. The lowest BCUT2D eigenvalue weighted by Crippen LogP contribution is -2.43. The molecule has 0 radical (unpaired) electrons. The van der Waals surface area contributed by atoms with Gasteiger partial charge in [0.25, 0.3) is 0 Å². The number of amides is 2. The van der Waals surface area contributed by atoms with E-state index in [0.29, 0.717) is 25.1 Å². The molecule has 0 aromatic carbocycles. The van der Waals surface area contributed by atoms with Gasteiger partial charge in [0.05, 0.1) is 0 Å². The van der Waals surface area contributed by atoms with Gasteiger partial charge in [0.1, 0.15) is 0 Å². The van der Waals surface area contributed by atoms with E-state index in [4.69, 9.17) is 5.11 Å². The smallest absolute Gasteiger partial charge is 0.315 e. The van der Waals surface area contributed by atoms with Crippen LogP contribution in [0.15, 0.2) is 0 Å². The number of urea groups is 1. The highest BCUT2D eigenvalue weighted by molar-refractivity contribution is 7.84. The topological polar surface area (TPSA) is 95.5 Å². The first kappa shape index (κ1) is 18.9. The second kappa shape index (κ2) is 8.94. The largest absolute Gasteiger partial charge is 0.481 e. The van der Waals surface area contributed by atoms with Crippen LogP contribution < -0.4 is 10.6 Å². The average molecular weight is 306 g/mol. The van der Waals surface area contributed by atoms with Crippen molar-refractivity contribution in [2.45, 2.75) is 46.1 Å². The Balaban J connectivity index is 3.90. The first-order chi connectivity index (χ1) is 9.12. The fourth-order valence-electron chi connectivity index (χ4n) is 1.75. The highest BCUT2D eigenvalue weighted by Crippen LogP contribution is 2.25. The number of nitrogens with one attached hydrogen (secondary N) is 2. The van der Waals surface area contributed by atoms with Crippen LogP contribution >= 0.6 is 0 Å². The third kappa shape index (κ3) is 10.8. The van der Waals surface area contributed by atoms with Crippen LogP contribution in [0.5, 0.6) is 0 Å². The van der Waals surface area contributed by atoms with Crippen LogP contribution in [0.2, 0.25) is 0 Å². The van der Waals surface area contributed by atoms with Gasteiger partial charge < -0.3 is 15.7 Å². The van der Waals surface area contributed by atoms with Crippen molar-refractivity contribution in [2.24, 2.45) is 5.41 Å². The second-order valence-electron chi connectivity index (χ2n) is 5.85. The standard InChI is InChI=1S/C13H26N2O4S/c1-10(9-20(4)19)15-12(18)14-8-7-13(2,3)6-5-11(16)17/h10H,5-9H2,1-4H3,(H,16,17)(H2,14,15,18). The number of carboxylic acid groups (broad SMARTS) is 1. The molecule has 2 amide bonds. The molecule has 0 saturated carbocycles. The Bertz CT molecular complexity index is 358. The third-order valence-corrected chi connectivity index (χ3v) is 3.93. The molecular weight excluding hydrogens is 280 g/mol. The normalized spacial score (nSPS) is 14.4. The maximum Gasteiger partial charge on any atom is 0.315 e. The van der Waals surface area contributed by atoms with Crippen LogP contribution in [0.1, 0.15) is 40.0 Å². The summed E-state index contributed by atoms with van der Waals surface area (Å²) in [7, 11) is -0.937. The Morgan fingerprint density at radius 3 is 2.40 bits per heavy atom. The fourth-order valence-corrected chi connectivity index (χ4v) is 2.54. The van der Waals surface area contributed by atoms with Crippen LogP contribution in [0.3, 0.4) is 0 Å². The molecular formula is C13H26N2O4S. The van der Waals surface area contributed by atoms with Crippen molar-refractivity contribution < 1.29 is 18.9 Å². The average Bonchev–Trinajstić information content (AvgIpc) is 2.24.